The quantitative estimate of drug-likeness (QED) is 0.798. The first-order valence-corrected chi connectivity index (χ1v) is 6.57. The van der Waals surface area contributed by atoms with Crippen LogP contribution in [0, 0.1) is 11.7 Å². The number of hydrogen-bond donors (Lipinski definition) is 3. The number of nitrogens with two attached hydrogens (primary N) is 1. The lowest BCUT2D eigenvalue weighted by molar-refractivity contribution is -0.118. The fraction of sp³-hybridized carbons (Fsp3) is 0.429. The second kappa shape index (κ2) is 6.87. The zero-order valence-electron chi connectivity index (χ0n) is 11.9. The van der Waals surface area contributed by atoms with Crippen LogP contribution in [0.4, 0.5) is 15.8 Å². The topological polar surface area (TPSA) is 84.2 Å². The van der Waals surface area contributed by atoms with Gasteiger partial charge in [0.2, 0.25) is 11.8 Å². The fourth-order valence-electron chi connectivity index (χ4n) is 2.01. The van der Waals surface area contributed by atoms with Gasteiger partial charge in [0.15, 0.2) is 0 Å². The number of nitrogens with one attached hydrogen (secondary N) is 2. The summed E-state index contributed by atoms with van der Waals surface area (Å²) in [6.45, 7) is 3.63. The summed E-state index contributed by atoms with van der Waals surface area (Å²) < 4.78 is 13.9. The summed E-state index contributed by atoms with van der Waals surface area (Å²) >= 11 is 0. The minimum Gasteiger partial charge on any atom is -0.326 e. The molecular weight excluding hydrogens is 297 g/mol. The highest BCUT2D eigenvalue weighted by molar-refractivity contribution is 5.98. The molecule has 1 aromatic carbocycles. The van der Waals surface area contributed by atoms with Crippen LogP contribution >= 0.6 is 12.4 Å². The lowest BCUT2D eigenvalue weighted by Crippen LogP contribution is -2.40. The van der Waals surface area contributed by atoms with Crippen LogP contribution in [0.1, 0.15) is 25.8 Å². The number of hydrogen-bond acceptors (Lipinski definition) is 3. The predicted octanol–water partition coefficient (Wildman–Crippen LogP) is 2.05. The number of amides is 2. The van der Waals surface area contributed by atoms with Crippen molar-refractivity contribution in [3.8, 4) is 0 Å². The van der Waals surface area contributed by atoms with E-state index in [-0.39, 0.29) is 29.9 Å². The summed E-state index contributed by atoms with van der Waals surface area (Å²) in [5, 5.41) is 5.13. The Morgan fingerprint density at radius 2 is 2.05 bits per heavy atom. The molecule has 7 heteroatoms. The number of halogens is 2. The van der Waals surface area contributed by atoms with Crippen LogP contribution in [-0.2, 0) is 16.0 Å². The molecule has 2 rings (SSSR count). The van der Waals surface area contributed by atoms with Crippen LogP contribution in [0.25, 0.3) is 0 Å². The highest BCUT2D eigenvalue weighted by Crippen LogP contribution is 2.28. The average molecular weight is 316 g/mol. The lowest BCUT2D eigenvalue weighted by Gasteiger charge is -2.20. The van der Waals surface area contributed by atoms with E-state index in [9.17, 15) is 14.0 Å². The summed E-state index contributed by atoms with van der Waals surface area (Å²) in [6, 6.07) is 2.07. The van der Waals surface area contributed by atoms with Crippen molar-refractivity contribution in [3.63, 3.8) is 0 Å². The molecule has 5 nitrogen and oxygen atoms in total. The van der Waals surface area contributed by atoms with Crippen molar-refractivity contribution in [1.29, 1.82) is 0 Å². The van der Waals surface area contributed by atoms with Crippen molar-refractivity contribution in [2.75, 3.05) is 10.6 Å². The molecule has 4 N–H and O–H groups in total. The minimum atomic E-state index is -0.708. The lowest BCUT2D eigenvalue weighted by atomic mass is 10.0. The molecule has 1 aromatic rings. The Bertz CT molecular complexity index is 563. The van der Waals surface area contributed by atoms with Gasteiger partial charge in [-0.05, 0) is 30.0 Å². The third kappa shape index (κ3) is 3.92. The molecule has 1 aliphatic rings. The molecule has 0 radical (unpaired) electrons. The Morgan fingerprint density at radius 1 is 1.38 bits per heavy atom. The monoisotopic (exact) mass is 315 g/mol. The summed E-state index contributed by atoms with van der Waals surface area (Å²) in [5.41, 5.74) is 7.02. The van der Waals surface area contributed by atoms with Gasteiger partial charge in [0.05, 0.1) is 11.7 Å². The molecule has 2 amide bonds. The first kappa shape index (κ1) is 17.4. The van der Waals surface area contributed by atoms with E-state index in [0.29, 0.717) is 18.5 Å². The normalized spacial score (nSPS) is 14.8. The smallest absolute Gasteiger partial charge is 0.241 e. The number of fused-ring (bicyclic) bond motifs is 1. The van der Waals surface area contributed by atoms with Crippen LogP contribution in [0.15, 0.2) is 12.1 Å². The second-order valence-electron chi connectivity index (χ2n) is 5.30. The molecule has 0 saturated carbocycles. The van der Waals surface area contributed by atoms with Crippen LogP contribution in [0.5, 0.6) is 0 Å². The number of benzene rings is 1. The van der Waals surface area contributed by atoms with E-state index >= 15 is 0 Å². The maximum absolute atomic E-state index is 13.9. The van der Waals surface area contributed by atoms with Gasteiger partial charge in [0.25, 0.3) is 0 Å². The van der Waals surface area contributed by atoms with Crippen LogP contribution in [-0.4, -0.2) is 17.9 Å². The maximum Gasteiger partial charge on any atom is 0.241 e. The minimum absolute atomic E-state index is 0. The van der Waals surface area contributed by atoms with Crippen molar-refractivity contribution in [1.82, 2.24) is 0 Å². The van der Waals surface area contributed by atoms with E-state index in [1.165, 1.54) is 12.1 Å². The maximum atomic E-state index is 13.9. The first-order chi connectivity index (χ1) is 9.38. The molecule has 0 fully saturated rings. The Morgan fingerprint density at radius 3 is 2.67 bits per heavy atom. The van der Waals surface area contributed by atoms with Crippen molar-refractivity contribution in [3.05, 3.63) is 23.5 Å². The molecule has 0 saturated heterocycles. The Labute approximate surface area is 128 Å². The van der Waals surface area contributed by atoms with E-state index < -0.39 is 17.8 Å². The summed E-state index contributed by atoms with van der Waals surface area (Å²) in [4.78, 5) is 23.2. The molecule has 0 bridgehead atoms. The van der Waals surface area contributed by atoms with Gasteiger partial charge < -0.3 is 16.4 Å². The van der Waals surface area contributed by atoms with Gasteiger partial charge in [-0.15, -0.1) is 12.4 Å². The van der Waals surface area contributed by atoms with Gasteiger partial charge in [0.1, 0.15) is 5.82 Å². The molecule has 1 aliphatic heterocycles. The first-order valence-electron chi connectivity index (χ1n) is 6.57. The third-order valence-corrected chi connectivity index (χ3v) is 3.37. The number of anilines is 2. The van der Waals surface area contributed by atoms with E-state index in [1.54, 1.807) is 0 Å². The fourth-order valence-corrected chi connectivity index (χ4v) is 2.01. The van der Waals surface area contributed by atoms with Gasteiger partial charge in [-0.3, -0.25) is 9.59 Å². The number of carbonyl (C=O) groups excluding carboxylic acids is 2. The predicted molar refractivity (Wildman–Crippen MR) is 82.0 cm³/mol. The zero-order valence-corrected chi connectivity index (χ0v) is 12.7. The average Bonchev–Trinajstić information content (AvgIpc) is 2.39. The number of rotatable bonds is 3. The molecule has 116 valence electrons. The standard InChI is InChI=1S/C14H18FN3O2.ClH/c1-7(2)13(16)14(20)18-11-6-10-8(5-9(11)15)3-4-12(19)17-10;/h5-7,13H,3-4,16H2,1-2H3,(H,17,19)(H,18,20);1H/t13-;/m0./s1. The number of aryl methyl sites for hydroxylation is 1. The van der Waals surface area contributed by atoms with Crippen LogP contribution in [0.3, 0.4) is 0 Å². The molecule has 0 aliphatic carbocycles. The highest BCUT2D eigenvalue weighted by Gasteiger charge is 2.21. The van der Waals surface area contributed by atoms with Crippen molar-refractivity contribution < 1.29 is 14.0 Å². The SMILES string of the molecule is CC(C)[C@H](N)C(=O)Nc1cc2c(cc1F)CCC(=O)N2.Cl. The molecule has 0 unspecified atom stereocenters. The Hall–Kier alpha value is -1.66. The molecule has 1 heterocycles. The highest BCUT2D eigenvalue weighted by atomic mass is 35.5. The Balaban J connectivity index is 0.00000220. The second-order valence-corrected chi connectivity index (χ2v) is 5.30. The van der Waals surface area contributed by atoms with Gasteiger partial charge >= 0.3 is 0 Å². The summed E-state index contributed by atoms with van der Waals surface area (Å²) in [7, 11) is 0. The molecule has 0 aromatic heterocycles. The van der Waals surface area contributed by atoms with E-state index in [1.807, 2.05) is 13.8 Å². The molecule has 0 spiro atoms. The van der Waals surface area contributed by atoms with Crippen molar-refractivity contribution in [2.24, 2.45) is 11.7 Å². The van der Waals surface area contributed by atoms with E-state index in [2.05, 4.69) is 10.6 Å². The molecule has 1 atom stereocenters. The third-order valence-electron chi connectivity index (χ3n) is 3.37. The van der Waals surface area contributed by atoms with Gasteiger partial charge in [-0.1, -0.05) is 13.8 Å². The summed E-state index contributed by atoms with van der Waals surface area (Å²) in [6.07, 6.45) is 0.841. The molecule has 21 heavy (non-hydrogen) atoms. The van der Waals surface area contributed by atoms with Crippen molar-refractivity contribution in [2.45, 2.75) is 32.7 Å². The van der Waals surface area contributed by atoms with Crippen LogP contribution in [0.2, 0.25) is 0 Å². The van der Waals surface area contributed by atoms with E-state index in [0.717, 1.165) is 5.56 Å². The van der Waals surface area contributed by atoms with Gasteiger partial charge in [-0.25, -0.2) is 4.39 Å². The Kier molecular flexibility index (Phi) is 5.69. The van der Waals surface area contributed by atoms with Crippen LogP contribution < -0.4 is 16.4 Å². The van der Waals surface area contributed by atoms with Gasteiger partial charge in [-0.2, -0.15) is 0 Å². The zero-order chi connectivity index (χ0) is 14.9. The largest absolute Gasteiger partial charge is 0.326 e. The summed E-state index contributed by atoms with van der Waals surface area (Å²) in [5.74, 6) is -1.12. The molecular formula is C14H19ClFN3O2. The van der Waals surface area contributed by atoms with Gasteiger partial charge in [0, 0.05) is 12.1 Å². The number of carbonyl (C=O) groups is 2. The van der Waals surface area contributed by atoms with E-state index in [4.69, 9.17) is 5.73 Å². The van der Waals surface area contributed by atoms with Crippen molar-refractivity contribution >= 4 is 35.6 Å².